The van der Waals surface area contributed by atoms with E-state index in [0.717, 1.165) is 116 Å². The van der Waals surface area contributed by atoms with Crippen molar-refractivity contribution in [2.24, 2.45) is 5.73 Å². The summed E-state index contributed by atoms with van der Waals surface area (Å²) in [7, 11) is 0. The Balaban J connectivity index is 1.00. The summed E-state index contributed by atoms with van der Waals surface area (Å²) in [6.07, 6.45) is 29.5. The Hall–Kier alpha value is -4.92. The first-order valence-corrected chi connectivity index (χ1v) is 26.0. The number of Topliss-reactive ketones (excluding diaryl/α,β-unsaturated/α-hetero) is 1. The van der Waals surface area contributed by atoms with Gasteiger partial charge in [-0.15, -0.1) is 0 Å². The summed E-state index contributed by atoms with van der Waals surface area (Å²) in [4.78, 5) is 16.3. The molecule has 8 nitrogen and oxygen atoms in total. The molecule has 2 saturated carbocycles. The fourth-order valence-electron chi connectivity index (χ4n) is 10.8. The van der Waals surface area contributed by atoms with Gasteiger partial charge in [0.2, 0.25) is 17.2 Å². The van der Waals surface area contributed by atoms with E-state index in [1.165, 1.54) is 88.4 Å². The van der Waals surface area contributed by atoms with Crippen LogP contribution in [0.2, 0.25) is 0 Å². The van der Waals surface area contributed by atoms with Gasteiger partial charge in [-0.1, -0.05) is 50.7 Å². The molecule has 3 N–H and O–H groups in total. The summed E-state index contributed by atoms with van der Waals surface area (Å²) in [6.45, 7) is 14.1. The maximum absolute atomic E-state index is 13.9. The number of aliphatic hydroxyl groups is 1. The fourth-order valence-corrected chi connectivity index (χ4v) is 10.8. The molecular weight excluding hydrogens is 817 g/mol. The number of ketones is 1. The quantitative estimate of drug-likeness (QED) is 0.0403. The number of nitrogens with zero attached hydrogens (tertiary/aromatic N) is 3. The molecule has 2 fully saturated rings. The van der Waals surface area contributed by atoms with Crippen LogP contribution in [0.4, 0.5) is 17.1 Å². The molecule has 0 saturated heterocycles. The first kappa shape index (κ1) is 49.0. The summed E-state index contributed by atoms with van der Waals surface area (Å²) in [5.74, 6) is 1.77. The van der Waals surface area contributed by atoms with E-state index < -0.39 is 0 Å². The second-order valence-electron chi connectivity index (χ2n) is 19.2. The second-order valence-corrected chi connectivity index (χ2v) is 19.2. The van der Waals surface area contributed by atoms with E-state index in [2.05, 4.69) is 103 Å². The van der Waals surface area contributed by atoms with Crippen molar-refractivity contribution in [2.75, 3.05) is 50.8 Å². The van der Waals surface area contributed by atoms with Crippen LogP contribution >= 0.6 is 0 Å². The van der Waals surface area contributed by atoms with Crippen LogP contribution in [0.5, 0.6) is 11.5 Å². The smallest absolute Gasteiger partial charge is 0.206 e. The molecule has 66 heavy (non-hydrogen) atoms. The predicted octanol–water partition coefficient (Wildman–Crippen LogP) is 13.3. The molecule has 0 bridgehead atoms. The van der Waals surface area contributed by atoms with Gasteiger partial charge in [0, 0.05) is 54.5 Å². The number of quaternary nitrogens is 1. The number of hydrogen-bond acceptors (Lipinski definition) is 6. The highest BCUT2D eigenvalue weighted by molar-refractivity contribution is 6.39. The zero-order valence-corrected chi connectivity index (χ0v) is 40.7. The SMILES string of the molecule is CC[N+](CC)(CC)CCCCCCOc1ccc([N+](=C2C=CC(=C3C(=O)C(c4ccc(N(c5ccc(OCCCCCCN)cc5)C5CCCCC5)cc4)=C3O)C=C2)C2CCCCC2)cc1. The summed E-state index contributed by atoms with van der Waals surface area (Å²) >= 11 is 0. The molecular formula is C58H80N4O4+2. The van der Waals surface area contributed by atoms with Crippen molar-refractivity contribution in [2.45, 2.75) is 148 Å². The zero-order chi connectivity index (χ0) is 46.1. The Morgan fingerprint density at radius 2 is 1.14 bits per heavy atom. The van der Waals surface area contributed by atoms with Crippen LogP contribution in [-0.2, 0) is 4.79 Å². The van der Waals surface area contributed by atoms with Crippen molar-refractivity contribution >= 4 is 34.1 Å². The molecule has 4 aliphatic rings. The molecule has 0 aromatic heterocycles. The van der Waals surface area contributed by atoms with Crippen LogP contribution in [0.1, 0.15) is 142 Å². The van der Waals surface area contributed by atoms with Crippen molar-refractivity contribution in [1.82, 2.24) is 0 Å². The molecule has 3 aromatic carbocycles. The normalized spacial score (nSPS) is 17.1. The molecule has 3 aromatic rings. The summed E-state index contributed by atoms with van der Waals surface area (Å²) in [5, 5.41) is 11.5. The lowest BCUT2D eigenvalue weighted by atomic mass is 9.80. The lowest BCUT2D eigenvalue weighted by Gasteiger charge is -2.36. The number of unbranched alkanes of at least 4 members (excludes halogenated alkanes) is 6. The van der Waals surface area contributed by atoms with Crippen LogP contribution in [0.15, 0.2) is 114 Å². The van der Waals surface area contributed by atoms with Crippen molar-refractivity contribution in [1.29, 1.82) is 0 Å². The molecule has 0 unspecified atom stereocenters. The molecule has 354 valence electrons. The minimum Gasteiger partial charge on any atom is -0.506 e. The molecule has 4 aliphatic carbocycles. The average Bonchev–Trinajstić information content (AvgIpc) is 3.36. The highest BCUT2D eigenvalue weighted by Gasteiger charge is 2.37. The summed E-state index contributed by atoms with van der Waals surface area (Å²) < 4.78 is 16.0. The molecule has 0 aliphatic heterocycles. The van der Waals surface area contributed by atoms with Gasteiger partial charge in [-0.25, -0.2) is 0 Å². The molecule has 0 heterocycles. The van der Waals surface area contributed by atoms with Gasteiger partial charge in [0.05, 0.1) is 50.5 Å². The Labute approximate surface area is 397 Å². The van der Waals surface area contributed by atoms with Crippen LogP contribution in [0, 0.1) is 0 Å². The van der Waals surface area contributed by atoms with E-state index in [-0.39, 0.29) is 11.5 Å². The maximum Gasteiger partial charge on any atom is 0.206 e. The van der Waals surface area contributed by atoms with Gasteiger partial charge in [-0.3, -0.25) is 4.79 Å². The van der Waals surface area contributed by atoms with Crippen molar-refractivity contribution < 1.29 is 28.4 Å². The van der Waals surface area contributed by atoms with E-state index in [0.29, 0.717) is 29.8 Å². The number of allylic oxidation sites excluding steroid dienone is 7. The van der Waals surface area contributed by atoms with Gasteiger partial charge in [-0.05, 0) is 163 Å². The zero-order valence-electron chi connectivity index (χ0n) is 40.7. The van der Waals surface area contributed by atoms with Crippen LogP contribution in [0.25, 0.3) is 5.57 Å². The largest absolute Gasteiger partial charge is 0.506 e. The predicted molar refractivity (Wildman–Crippen MR) is 274 cm³/mol. The third kappa shape index (κ3) is 12.3. The number of carbonyl (C=O) groups is 1. The topological polar surface area (TPSA) is 88.0 Å². The Morgan fingerprint density at radius 3 is 1.68 bits per heavy atom. The standard InChI is InChI=1S/C58H79N4O4/c1-4-62(5-2,6-3)42-18-8-10-20-44-66-54-39-35-52(36-40-54)61(48-23-15-12-16-24-48)50-31-27-46(28-32-50)56-57(63)55(58(56)64)45-25-29-49(30-26-45)60(47-21-13-11-14-22-47)51-33-37-53(38-34-51)65-43-19-9-7-17-41-59/h25-40,47-48H,4-24,41-44,59H2,1-3H3/q+1/p+1. The maximum atomic E-state index is 13.9. The molecule has 0 amide bonds. The van der Waals surface area contributed by atoms with E-state index in [9.17, 15) is 9.90 Å². The van der Waals surface area contributed by atoms with Crippen molar-refractivity contribution in [3.63, 3.8) is 0 Å². The third-order valence-electron chi connectivity index (χ3n) is 15.1. The Kier molecular flexibility index (Phi) is 18.4. The lowest BCUT2D eigenvalue weighted by Crippen LogP contribution is -2.48. The Morgan fingerprint density at radius 1 is 0.621 bits per heavy atom. The minimum absolute atomic E-state index is 0.0742. The average molecular weight is 897 g/mol. The van der Waals surface area contributed by atoms with Crippen LogP contribution < -0.4 is 20.1 Å². The minimum atomic E-state index is -0.113. The van der Waals surface area contributed by atoms with E-state index in [1.54, 1.807) is 0 Å². The first-order chi connectivity index (χ1) is 32.4. The van der Waals surface area contributed by atoms with Crippen molar-refractivity contribution in [3.8, 4) is 11.5 Å². The monoisotopic (exact) mass is 897 g/mol. The molecule has 0 atom stereocenters. The van der Waals surface area contributed by atoms with E-state index in [1.807, 2.05) is 24.3 Å². The summed E-state index contributed by atoms with van der Waals surface area (Å²) in [6, 6.07) is 26.1. The number of aliphatic hydroxyl groups excluding tert-OH is 1. The van der Waals surface area contributed by atoms with E-state index in [4.69, 9.17) is 15.2 Å². The van der Waals surface area contributed by atoms with Crippen LogP contribution in [-0.4, -0.2) is 83.7 Å². The number of benzene rings is 3. The van der Waals surface area contributed by atoms with Gasteiger partial charge >= 0.3 is 0 Å². The molecule has 8 heteroatoms. The molecule has 0 radical (unpaired) electrons. The summed E-state index contributed by atoms with van der Waals surface area (Å²) in [5.41, 5.74) is 12.4. The van der Waals surface area contributed by atoms with Gasteiger partial charge < -0.3 is 29.7 Å². The number of ether oxygens (including phenoxy) is 2. The highest BCUT2D eigenvalue weighted by atomic mass is 16.5. The number of hydrogen-bond donors (Lipinski definition) is 2. The Bertz CT molecular complexity index is 2140. The number of anilines is 2. The number of nitrogens with two attached hydrogens (primary N) is 1. The number of carbonyl (C=O) groups excluding carboxylic acids is 1. The molecule has 7 rings (SSSR count). The van der Waals surface area contributed by atoms with Crippen molar-refractivity contribution in [3.05, 3.63) is 120 Å². The third-order valence-corrected chi connectivity index (χ3v) is 15.1. The van der Waals surface area contributed by atoms with E-state index >= 15 is 0 Å². The van der Waals surface area contributed by atoms with Gasteiger partial charge in [-0.2, -0.15) is 4.58 Å². The van der Waals surface area contributed by atoms with Gasteiger partial charge in [0.25, 0.3) is 0 Å². The first-order valence-electron chi connectivity index (χ1n) is 26.0. The second kappa shape index (κ2) is 24.7. The lowest BCUT2D eigenvalue weighted by molar-refractivity contribution is -0.923. The molecule has 0 spiro atoms. The van der Waals surface area contributed by atoms with Crippen LogP contribution in [0.3, 0.4) is 0 Å². The fraction of sp³-hybridized carbons (Fsp3) is 0.517. The highest BCUT2D eigenvalue weighted by Crippen LogP contribution is 2.41. The van der Waals surface area contributed by atoms with Gasteiger partial charge in [0.15, 0.2) is 6.04 Å². The number of rotatable bonds is 24. The van der Waals surface area contributed by atoms with Gasteiger partial charge in [0.1, 0.15) is 17.3 Å².